The van der Waals surface area contributed by atoms with E-state index >= 15 is 0 Å². The number of imidazole rings is 1. The van der Waals surface area contributed by atoms with Crippen molar-refractivity contribution in [2.75, 3.05) is 0 Å². The van der Waals surface area contributed by atoms with Gasteiger partial charge in [-0.05, 0) is 59.1 Å². The molecule has 0 aliphatic carbocycles. The van der Waals surface area contributed by atoms with Crippen molar-refractivity contribution in [1.82, 2.24) is 19.5 Å². The summed E-state index contributed by atoms with van der Waals surface area (Å²) in [5, 5.41) is 10.7. The molecule has 0 saturated carbocycles. The number of nitrogens with one attached hydrogen (secondary N) is 3. The van der Waals surface area contributed by atoms with Gasteiger partial charge in [-0.3, -0.25) is 14.8 Å². The Balaban J connectivity index is 1.87. The molecule has 0 radical (unpaired) electrons. The van der Waals surface area contributed by atoms with E-state index in [0.29, 0.717) is 26.9 Å². The molecule has 4 aromatic rings. The molecule has 0 atom stereocenters. The molecule has 2 aromatic carbocycles. The Morgan fingerprint density at radius 1 is 1.03 bits per heavy atom. The summed E-state index contributed by atoms with van der Waals surface area (Å²) in [6.45, 7) is 3.65. The summed E-state index contributed by atoms with van der Waals surface area (Å²) in [7, 11) is 0. The maximum absolute atomic E-state index is 12.4. The highest BCUT2D eigenvalue weighted by Crippen LogP contribution is 2.29. The molecule has 0 bridgehead atoms. The SMILES string of the molecule is Cc1ccc(C)c(-n2c(O)c(C=Nc3cc4[nH]c(=O)[nH]c4cc3Br)c(=O)[nH]c2=O)c1. The predicted octanol–water partition coefficient (Wildman–Crippen LogP) is 2.53. The molecule has 0 saturated heterocycles. The van der Waals surface area contributed by atoms with Crippen LogP contribution >= 0.6 is 15.9 Å². The van der Waals surface area contributed by atoms with Crippen molar-refractivity contribution in [3.05, 3.63) is 82.8 Å². The minimum atomic E-state index is -0.768. The number of aryl methyl sites for hydroxylation is 2. The summed E-state index contributed by atoms with van der Waals surface area (Å²) in [6.07, 6.45) is 1.17. The van der Waals surface area contributed by atoms with Gasteiger partial charge < -0.3 is 15.1 Å². The molecule has 0 spiro atoms. The Morgan fingerprint density at radius 3 is 2.47 bits per heavy atom. The van der Waals surface area contributed by atoms with E-state index in [4.69, 9.17) is 0 Å². The molecule has 0 unspecified atom stereocenters. The molecule has 0 aliphatic heterocycles. The summed E-state index contributed by atoms with van der Waals surface area (Å²) in [5.41, 5.74) is 1.59. The second kappa shape index (κ2) is 7.30. The Hall–Kier alpha value is -3.66. The fourth-order valence-electron chi connectivity index (χ4n) is 3.12. The van der Waals surface area contributed by atoms with Gasteiger partial charge in [0.1, 0.15) is 5.56 Å². The number of hydrogen-bond acceptors (Lipinski definition) is 5. The molecular weight excluding hydrogens is 454 g/mol. The first kappa shape index (κ1) is 19.6. The van der Waals surface area contributed by atoms with Crippen LogP contribution in [0.25, 0.3) is 16.7 Å². The van der Waals surface area contributed by atoms with E-state index in [1.54, 1.807) is 25.1 Å². The normalized spacial score (nSPS) is 11.6. The van der Waals surface area contributed by atoms with Crippen molar-refractivity contribution in [2.45, 2.75) is 13.8 Å². The second-order valence-electron chi connectivity index (χ2n) is 6.81. The van der Waals surface area contributed by atoms with E-state index in [0.717, 1.165) is 15.7 Å². The average molecular weight is 470 g/mol. The van der Waals surface area contributed by atoms with Gasteiger partial charge >= 0.3 is 11.4 Å². The molecule has 4 rings (SSSR count). The van der Waals surface area contributed by atoms with Crippen LogP contribution in [0.5, 0.6) is 5.88 Å². The first-order chi connectivity index (χ1) is 14.2. The molecule has 0 aliphatic rings. The fourth-order valence-corrected chi connectivity index (χ4v) is 3.56. The second-order valence-corrected chi connectivity index (χ2v) is 7.66. The van der Waals surface area contributed by atoms with E-state index in [1.165, 1.54) is 6.21 Å². The van der Waals surface area contributed by atoms with Gasteiger partial charge in [0.15, 0.2) is 0 Å². The molecule has 30 heavy (non-hydrogen) atoms. The first-order valence-corrected chi connectivity index (χ1v) is 9.65. The Kier molecular flexibility index (Phi) is 4.78. The number of benzene rings is 2. The Labute approximate surface area is 176 Å². The molecular formula is C20H16BrN5O4. The predicted molar refractivity (Wildman–Crippen MR) is 118 cm³/mol. The van der Waals surface area contributed by atoms with Crippen LogP contribution in [-0.2, 0) is 0 Å². The zero-order chi connectivity index (χ0) is 21.6. The number of hydrogen-bond donors (Lipinski definition) is 4. The fraction of sp³-hybridized carbons (Fsp3) is 0.100. The van der Waals surface area contributed by atoms with Crippen molar-refractivity contribution in [2.24, 2.45) is 4.99 Å². The quantitative estimate of drug-likeness (QED) is 0.342. The number of aromatic hydroxyl groups is 1. The molecule has 2 aromatic heterocycles. The molecule has 0 fully saturated rings. The topological polar surface area (TPSA) is 136 Å². The number of rotatable bonds is 3. The van der Waals surface area contributed by atoms with Crippen molar-refractivity contribution >= 4 is 38.9 Å². The zero-order valence-corrected chi connectivity index (χ0v) is 17.5. The number of nitrogens with zero attached hydrogens (tertiary/aromatic N) is 2. The van der Waals surface area contributed by atoms with Crippen LogP contribution in [0.1, 0.15) is 16.7 Å². The number of fused-ring (bicyclic) bond motifs is 1. The summed E-state index contributed by atoms with van der Waals surface area (Å²) < 4.78 is 1.60. The van der Waals surface area contributed by atoms with Crippen LogP contribution in [-0.4, -0.2) is 30.8 Å². The minimum absolute atomic E-state index is 0.176. The highest BCUT2D eigenvalue weighted by Gasteiger charge is 2.16. The number of H-pyrrole nitrogens is 3. The van der Waals surface area contributed by atoms with Gasteiger partial charge in [0.05, 0.1) is 22.4 Å². The maximum atomic E-state index is 12.4. The van der Waals surface area contributed by atoms with Crippen LogP contribution in [0.2, 0.25) is 0 Å². The van der Waals surface area contributed by atoms with Crippen LogP contribution < -0.4 is 16.9 Å². The monoisotopic (exact) mass is 469 g/mol. The number of aromatic amines is 3. The molecule has 152 valence electrons. The zero-order valence-electron chi connectivity index (χ0n) is 15.9. The maximum Gasteiger partial charge on any atom is 0.335 e. The minimum Gasteiger partial charge on any atom is -0.493 e. The Bertz CT molecular complexity index is 1510. The van der Waals surface area contributed by atoms with Gasteiger partial charge in [-0.1, -0.05) is 12.1 Å². The van der Waals surface area contributed by atoms with Gasteiger partial charge in [-0.2, -0.15) is 0 Å². The molecule has 10 heteroatoms. The van der Waals surface area contributed by atoms with Gasteiger partial charge in [-0.25, -0.2) is 14.2 Å². The van der Waals surface area contributed by atoms with Crippen LogP contribution in [0, 0.1) is 13.8 Å². The Morgan fingerprint density at radius 2 is 1.73 bits per heavy atom. The summed E-state index contributed by atoms with van der Waals surface area (Å²) in [6, 6.07) is 8.72. The van der Waals surface area contributed by atoms with Crippen LogP contribution in [0.15, 0.2) is 54.2 Å². The van der Waals surface area contributed by atoms with Crippen LogP contribution in [0.4, 0.5) is 5.69 Å². The highest BCUT2D eigenvalue weighted by atomic mass is 79.9. The molecule has 2 heterocycles. The lowest BCUT2D eigenvalue weighted by atomic mass is 10.1. The highest BCUT2D eigenvalue weighted by molar-refractivity contribution is 9.10. The van der Waals surface area contributed by atoms with Gasteiger partial charge in [0, 0.05) is 10.7 Å². The van der Waals surface area contributed by atoms with Crippen molar-refractivity contribution in [3.8, 4) is 11.6 Å². The molecule has 0 amide bonds. The average Bonchev–Trinajstić information content (AvgIpc) is 3.02. The number of halogens is 1. The van der Waals surface area contributed by atoms with E-state index in [2.05, 4.69) is 35.9 Å². The van der Waals surface area contributed by atoms with Crippen LogP contribution in [0.3, 0.4) is 0 Å². The van der Waals surface area contributed by atoms with Gasteiger partial charge in [-0.15, -0.1) is 0 Å². The summed E-state index contributed by atoms with van der Waals surface area (Å²) in [4.78, 5) is 47.9. The third kappa shape index (κ3) is 3.41. The van der Waals surface area contributed by atoms with E-state index < -0.39 is 17.1 Å². The van der Waals surface area contributed by atoms with E-state index in [9.17, 15) is 19.5 Å². The van der Waals surface area contributed by atoms with E-state index in [1.807, 2.05) is 19.1 Å². The van der Waals surface area contributed by atoms with E-state index in [-0.39, 0.29) is 11.3 Å². The number of aliphatic imine (C=N–C) groups is 1. The largest absolute Gasteiger partial charge is 0.493 e. The lowest BCUT2D eigenvalue weighted by Crippen LogP contribution is -2.31. The molecule has 4 N–H and O–H groups in total. The lowest BCUT2D eigenvalue weighted by molar-refractivity contribution is 0.430. The van der Waals surface area contributed by atoms with Crippen molar-refractivity contribution in [1.29, 1.82) is 0 Å². The molecule has 9 nitrogen and oxygen atoms in total. The third-order valence-electron chi connectivity index (χ3n) is 4.64. The smallest absolute Gasteiger partial charge is 0.335 e. The van der Waals surface area contributed by atoms with Crippen molar-refractivity contribution in [3.63, 3.8) is 0 Å². The third-order valence-corrected chi connectivity index (χ3v) is 5.28. The lowest BCUT2D eigenvalue weighted by Gasteiger charge is -2.12. The summed E-state index contributed by atoms with van der Waals surface area (Å²) in [5.74, 6) is -0.520. The number of aromatic nitrogens is 4. The standard InChI is InChI=1S/C20H16BrN5O4/c1-9-3-4-10(2)16(5-9)26-18(28)11(17(27)25-20(26)30)8-22-13-7-15-14(6-12(13)21)23-19(29)24-15/h3-8,28H,1-2H3,(H2,23,24,29)(H,25,27,30). The first-order valence-electron chi connectivity index (χ1n) is 8.86. The summed E-state index contributed by atoms with van der Waals surface area (Å²) >= 11 is 3.36. The van der Waals surface area contributed by atoms with Gasteiger partial charge in [0.2, 0.25) is 5.88 Å². The van der Waals surface area contributed by atoms with Crippen molar-refractivity contribution < 1.29 is 5.11 Å². The van der Waals surface area contributed by atoms with Gasteiger partial charge in [0.25, 0.3) is 5.56 Å².